The molecule has 0 bridgehead atoms. The van der Waals surface area contributed by atoms with Crippen LogP contribution >= 0.6 is 11.8 Å². The fraction of sp³-hybridized carbons (Fsp3) is 0.348. The summed E-state index contributed by atoms with van der Waals surface area (Å²) in [7, 11) is 0. The highest BCUT2D eigenvalue weighted by molar-refractivity contribution is 7.98. The maximum atomic E-state index is 12.8. The second kappa shape index (κ2) is 9.34. The number of ether oxygens (including phenoxy) is 1. The number of piperidine rings is 1. The molecule has 1 amide bonds. The van der Waals surface area contributed by atoms with Gasteiger partial charge in [-0.2, -0.15) is 0 Å². The molecule has 0 saturated carbocycles. The topological polar surface area (TPSA) is 63.9 Å². The fourth-order valence-electron chi connectivity index (χ4n) is 3.67. The monoisotopic (exact) mass is 423 g/mol. The Morgan fingerprint density at radius 2 is 1.90 bits per heavy atom. The molecule has 0 N–H and O–H groups in total. The maximum absolute atomic E-state index is 12.8. The number of amides is 1. The average molecular weight is 424 g/mol. The number of imidazole rings is 1. The van der Waals surface area contributed by atoms with E-state index in [0.717, 1.165) is 22.0 Å². The number of benzene rings is 1. The Morgan fingerprint density at radius 3 is 2.60 bits per heavy atom. The van der Waals surface area contributed by atoms with Gasteiger partial charge in [0.05, 0.1) is 18.2 Å². The van der Waals surface area contributed by atoms with E-state index >= 15 is 0 Å². The molecule has 0 unspecified atom stereocenters. The molecule has 30 heavy (non-hydrogen) atoms. The number of esters is 1. The van der Waals surface area contributed by atoms with Gasteiger partial charge in [0, 0.05) is 41.7 Å². The molecule has 6 nitrogen and oxygen atoms in total. The van der Waals surface area contributed by atoms with Gasteiger partial charge in [0.1, 0.15) is 5.65 Å². The van der Waals surface area contributed by atoms with Crippen LogP contribution in [0, 0.1) is 5.92 Å². The van der Waals surface area contributed by atoms with E-state index in [2.05, 4.69) is 4.98 Å². The third-order valence-corrected chi connectivity index (χ3v) is 6.35. The number of hydrogen-bond donors (Lipinski definition) is 0. The van der Waals surface area contributed by atoms with Gasteiger partial charge in [0.15, 0.2) is 0 Å². The molecule has 4 rings (SSSR count). The van der Waals surface area contributed by atoms with E-state index in [9.17, 15) is 9.59 Å². The van der Waals surface area contributed by atoms with Crippen LogP contribution in [-0.2, 0) is 15.3 Å². The van der Waals surface area contributed by atoms with Crippen LogP contribution in [0.2, 0.25) is 0 Å². The summed E-state index contributed by atoms with van der Waals surface area (Å²) >= 11 is 1.70. The van der Waals surface area contributed by atoms with Gasteiger partial charge in [0.25, 0.3) is 5.91 Å². The lowest BCUT2D eigenvalue weighted by molar-refractivity contribution is -0.149. The molecule has 1 aliphatic rings. The van der Waals surface area contributed by atoms with Crippen molar-refractivity contribution in [2.75, 3.05) is 19.7 Å². The summed E-state index contributed by atoms with van der Waals surface area (Å²) in [6.45, 7) is 3.40. The van der Waals surface area contributed by atoms with Gasteiger partial charge in [-0.25, -0.2) is 4.98 Å². The number of carbonyl (C=O) groups is 2. The number of pyridine rings is 1. The lowest BCUT2D eigenvalue weighted by atomic mass is 9.96. The normalized spacial score (nSPS) is 14.8. The minimum Gasteiger partial charge on any atom is -0.466 e. The molecule has 0 aliphatic carbocycles. The van der Waals surface area contributed by atoms with Gasteiger partial charge in [-0.1, -0.05) is 6.07 Å². The van der Waals surface area contributed by atoms with Gasteiger partial charge in [-0.3, -0.25) is 9.59 Å². The van der Waals surface area contributed by atoms with Crippen LogP contribution in [0.3, 0.4) is 0 Å². The molecule has 1 aliphatic heterocycles. The van der Waals surface area contributed by atoms with Gasteiger partial charge in [-0.15, -0.1) is 11.8 Å². The molecular formula is C23H25N3O3S. The first-order valence-electron chi connectivity index (χ1n) is 10.3. The van der Waals surface area contributed by atoms with Crippen LogP contribution in [0.25, 0.3) is 5.65 Å². The molecule has 0 spiro atoms. The SMILES string of the molecule is CCOC(=O)C1CCN(C(=O)c2ccc(SCc3cn4ccccc4n3)cc2)CC1. The van der Waals surface area contributed by atoms with Crippen LogP contribution in [0.4, 0.5) is 0 Å². The van der Waals surface area contributed by atoms with Crippen LogP contribution in [0.5, 0.6) is 0 Å². The van der Waals surface area contributed by atoms with E-state index in [0.29, 0.717) is 38.1 Å². The molecule has 0 radical (unpaired) electrons. The fourth-order valence-corrected chi connectivity index (χ4v) is 4.45. The number of fused-ring (bicyclic) bond motifs is 1. The van der Waals surface area contributed by atoms with Crippen LogP contribution in [0.15, 0.2) is 59.8 Å². The van der Waals surface area contributed by atoms with Crippen molar-refractivity contribution in [3.8, 4) is 0 Å². The predicted molar refractivity (Wildman–Crippen MR) is 116 cm³/mol. The van der Waals surface area contributed by atoms with Crippen LogP contribution in [0.1, 0.15) is 35.8 Å². The molecule has 156 valence electrons. The number of carbonyl (C=O) groups excluding carboxylic acids is 2. The Morgan fingerprint density at radius 1 is 1.13 bits per heavy atom. The maximum Gasteiger partial charge on any atom is 0.309 e. The number of aromatic nitrogens is 2. The summed E-state index contributed by atoms with van der Waals surface area (Å²) in [6, 6.07) is 13.7. The quantitative estimate of drug-likeness (QED) is 0.442. The van der Waals surface area contributed by atoms with Crippen molar-refractivity contribution >= 4 is 29.3 Å². The highest BCUT2D eigenvalue weighted by Gasteiger charge is 2.28. The molecule has 1 fully saturated rings. The molecule has 1 saturated heterocycles. The van der Waals surface area contributed by atoms with Crippen LogP contribution < -0.4 is 0 Å². The average Bonchev–Trinajstić information content (AvgIpc) is 3.21. The van der Waals surface area contributed by atoms with Crippen molar-refractivity contribution in [2.24, 2.45) is 5.92 Å². The van der Waals surface area contributed by atoms with Crippen molar-refractivity contribution < 1.29 is 14.3 Å². The predicted octanol–water partition coefficient (Wildman–Crippen LogP) is 4.04. The second-order valence-electron chi connectivity index (χ2n) is 7.33. The van der Waals surface area contributed by atoms with Crippen molar-refractivity contribution in [2.45, 2.75) is 30.4 Å². The van der Waals surface area contributed by atoms with E-state index in [-0.39, 0.29) is 17.8 Å². The zero-order valence-electron chi connectivity index (χ0n) is 17.0. The summed E-state index contributed by atoms with van der Waals surface area (Å²) in [4.78, 5) is 32.2. The van der Waals surface area contributed by atoms with Crippen molar-refractivity contribution in [3.63, 3.8) is 0 Å². The summed E-state index contributed by atoms with van der Waals surface area (Å²) in [5.41, 5.74) is 2.65. The first kappa shape index (κ1) is 20.5. The largest absolute Gasteiger partial charge is 0.466 e. The Kier molecular flexibility index (Phi) is 6.38. The highest BCUT2D eigenvalue weighted by Crippen LogP contribution is 2.25. The number of hydrogen-bond acceptors (Lipinski definition) is 5. The second-order valence-corrected chi connectivity index (χ2v) is 8.38. The molecular weight excluding hydrogens is 398 g/mol. The lowest BCUT2D eigenvalue weighted by Gasteiger charge is -2.31. The molecule has 0 atom stereocenters. The van der Waals surface area contributed by atoms with Crippen molar-refractivity contribution in [1.82, 2.24) is 14.3 Å². The zero-order valence-corrected chi connectivity index (χ0v) is 17.8. The third kappa shape index (κ3) is 4.67. The van der Waals surface area contributed by atoms with Crippen molar-refractivity contribution in [3.05, 3.63) is 66.1 Å². The minimum atomic E-state index is -0.142. The van der Waals surface area contributed by atoms with E-state index in [4.69, 9.17) is 4.74 Å². The molecule has 3 aromatic rings. The zero-order chi connectivity index (χ0) is 20.9. The summed E-state index contributed by atoms with van der Waals surface area (Å²) in [5.74, 6) is 0.564. The molecule has 1 aromatic carbocycles. The summed E-state index contributed by atoms with van der Waals surface area (Å²) in [6.07, 6.45) is 5.36. The van der Waals surface area contributed by atoms with Crippen LogP contribution in [-0.4, -0.2) is 45.9 Å². The minimum absolute atomic E-state index is 0.0224. The third-order valence-electron chi connectivity index (χ3n) is 5.30. The molecule has 7 heteroatoms. The van der Waals surface area contributed by atoms with E-state index < -0.39 is 0 Å². The lowest BCUT2D eigenvalue weighted by Crippen LogP contribution is -2.40. The standard InChI is InChI=1S/C23H25N3O3S/c1-2-29-23(28)18-10-13-25(14-11-18)22(27)17-6-8-20(9-7-17)30-16-19-15-26-12-4-3-5-21(26)24-19/h3-9,12,15,18H,2,10-11,13-14,16H2,1H3. The highest BCUT2D eigenvalue weighted by atomic mass is 32.2. The molecule has 3 heterocycles. The Hall–Kier alpha value is -2.80. The Labute approximate surface area is 180 Å². The van der Waals surface area contributed by atoms with Crippen molar-refractivity contribution in [1.29, 1.82) is 0 Å². The first-order valence-corrected chi connectivity index (χ1v) is 11.2. The Bertz CT molecular complexity index is 991. The number of nitrogens with zero attached hydrogens (tertiary/aromatic N) is 3. The van der Waals surface area contributed by atoms with Gasteiger partial charge in [-0.05, 0) is 56.2 Å². The van der Waals surface area contributed by atoms with E-state index in [1.807, 2.05) is 71.1 Å². The summed E-state index contributed by atoms with van der Waals surface area (Å²) in [5, 5.41) is 0. The van der Waals surface area contributed by atoms with E-state index in [1.165, 1.54) is 0 Å². The number of likely N-dealkylation sites (tertiary alicyclic amines) is 1. The first-order chi connectivity index (χ1) is 14.6. The smallest absolute Gasteiger partial charge is 0.309 e. The summed E-state index contributed by atoms with van der Waals surface area (Å²) < 4.78 is 7.11. The molecule has 2 aromatic heterocycles. The van der Waals surface area contributed by atoms with Gasteiger partial charge < -0.3 is 14.0 Å². The Balaban J connectivity index is 1.31. The number of rotatable bonds is 6. The van der Waals surface area contributed by atoms with Gasteiger partial charge >= 0.3 is 5.97 Å². The number of thioether (sulfide) groups is 1. The van der Waals surface area contributed by atoms with Gasteiger partial charge in [0.2, 0.25) is 0 Å². The van der Waals surface area contributed by atoms with E-state index in [1.54, 1.807) is 11.8 Å².